The second-order valence-electron chi connectivity index (χ2n) is 9.25. The highest BCUT2D eigenvalue weighted by Crippen LogP contribution is 2.52. The number of likely N-dealkylation sites (tertiary alicyclic amines) is 1. The molecule has 1 spiro atoms. The molecule has 0 radical (unpaired) electrons. The van der Waals surface area contributed by atoms with Gasteiger partial charge in [0, 0.05) is 38.3 Å². The lowest BCUT2D eigenvalue weighted by atomic mass is 9.73. The number of amides is 3. The normalized spacial score (nSPS) is 21.9. The van der Waals surface area contributed by atoms with Crippen LogP contribution >= 0.6 is 0 Å². The number of rotatable bonds is 3. The van der Waals surface area contributed by atoms with Crippen molar-refractivity contribution in [2.24, 2.45) is 0 Å². The van der Waals surface area contributed by atoms with Crippen LogP contribution in [0.15, 0.2) is 54.6 Å². The molecule has 5 rings (SSSR count). The summed E-state index contributed by atoms with van der Waals surface area (Å²) >= 11 is 0. The SMILES string of the molecule is O=C(C[C@H]1CC2(CCN(C(=O)Nc3ccccc3)CC2)c2ccccc21)N1CCOCC1. The van der Waals surface area contributed by atoms with Crippen LogP contribution in [0.2, 0.25) is 0 Å². The summed E-state index contributed by atoms with van der Waals surface area (Å²) in [6, 6.07) is 18.2. The summed E-state index contributed by atoms with van der Waals surface area (Å²) in [6.07, 6.45) is 3.44. The number of morpholine rings is 1. The minimum Gasteiger partial charge on any atom is -0.378 e. The molecule has 2 aromatic carbocycles. The molecule has 6 nitrogen and oxygen atoms in total. The van der Waals surface area contributed by atoms with Gasteiger partial charge < -0.3 is 19.9 Å². The molecule has 2 heterocycles. The van der Waals surface area contributed by atoms with E-state index in [4.69, 9.17) is 4.74 Å². The number of carbonyl (C=O) groups is 2. The van der Waals surface area contributed by atoms with Crippen LogP contribution in [0.5, 0.6) is 0 Å². The van der Waals surface area contributed by atoms with E-state index in [-0.39, 0.29) is 23.3 Å². The first-order valence-corrected chi connectivity index (χ1v) is 11.7. The maximum Gasteiger partial charge on any atom is 0.321 e. The van der Waals surface area contributed by atoms with Crippen molar-refractivity contribution in [3.63, 3.8) is 0 Å². The van der Waals surface area contributed by atoms with Crippen molar-refractivity contribution >= 4 is 17.6 Å². The zero-order valence-corrected chi connectivity index (χ0v) is 18.5. The van der Waals surface area contributed by atoms with Crippen LogP contribution in [0, 0.1) is 0 Å². The van der Waals surface area contributed by atoms with E-state index in [1.807, 2.05) is 40.1 Å². The van der Waals surface area contributed by atoms with Crippen LogP contribution in [0.25, 0.3) is 0 Å². The van der Waals surface area contributed by atoms with Crippen LogP contribution in [-0.4, -0.2) is 61.1 Å². The molecule has 2 fully saturated rings. The van der Waals surface area contributed by atoms with Crippen molar-refractivity contribution in [3.05, 3.63) is 65.7 Å². The molecule has 168 valence electrons. The number of nitrogens with one attached hydrogen (secondary N) is 1. The number of carbonyl (C=O) groups excluding carboxylic acids is 2. The van der Waals surface area contributed by atoms with Gasteiger partial charge in [-0.25, -0.2) is 4.79 Å². The summed E-state index contributed by atoms with van der Waals surface area (Å²) in [5, 5.41) is 3.01. The van der Waals surface area contributed by atoms with Crippen molar-refractivity contribution in [1.29, 1.82) is 0 Å². The number of fused-ring (bicyclic) bond motifs is 2. The Hall–Kier alpha value is -2.86. The van der Waals surface area contributed by atoms with Crippen LogP contribution < -0.4 is 5.32 Å². The zero-order valence-electron chi connectivity index (χ0n) is 18.5. The van der Waals surface area contributed by atoms with E-state index in [2.05, 4.69) is 29.6 Å². The maximum absolute atomic E-state index is 13.0. The second kappa shape index (κ2) is 8.94. The summed E-state index contributed by atoms with van der Waals surface area (Å²) in [7, 11) is 0. The molecule has 32 heavy (non-hydrogen) atoms. The molecule has 3 amide bonds. The fraction of sp³-hybridized carbons (Fsp3) is 0.462. The van der Waals surface area contributed by atoms with Gasteiger partial charge >= 0.3 is 6.03 Å². The largest absolute Gasteiger partial charge is 0.378 e. The fourth-order valence-corrected chi connectivity index (χ4v) is 5.70. The number of piperidine rings is 1. The van der Waals surface area contributed by atoms with Gasteiger partial charge in [-0.1, -0.05) is 42.5 Å². The molecule has 1 aliphatic carbocycles. The Morgan fingerprint density at radius 3 is 2.34 bits per heavy atom. The van der Waals surface area contributed by atoms with E-state index in [1.54, 1.807) is 0 Å². The van der Waals surface area contributed by atoms with Gasteiger partial charge in [-0.15, -0.1) is 0 Å². The third-order valence-corrected chi connectivity index (χ3v) is 7.43. The Bertz CT molecular complexity index is 963. The maximum atomic E-state index is 13.0. The van der Waals surface area contributed by atoms with Crippen LogP contribution in [-0.2, 0) is 14.9 Å². The van der Waals surface area contributed by atoms with Gasteiger partial charge in [0.1, 0.15) is 0 Å². The topological polar surface area (TPSA) is 61.9 Å². The third-order valence-electron chi connectivity index (χ3n) is 7.43. The average molecular weight is 434 g/mol. The zero-order chi connectivity index (χ0) is 22.0. The molecule has 0 unspecified atom stereocenters. The fourth-order valence-electron chi connectivity index (χ4n) is 5.70. The number of urea groups is 1. The Morgan fingerprint density at radius 2 is 1.59 bits per heavy atom. The molecule has 0 bridgehead atoms. The van der Waals surface area contributed by atoms with Gasteiger partial charge in [0.2, 0.25) is 5.91 Å². The van der Waals surface area contributed by atoms with Crippen molar-refractivity contribution in [3.8, 4) is 0 Å². The minimum absolute atomic E-state index is 0.0311. The predicted octanol–water partition coefficient (Wildman–Crippen LogP) is 3.99. The van der Waals surface area contributed by atoms with Crippen molar-refractivity contribution in [2.45, 2.75) is 37.0 Å². The second-order valence-corrected chi connectivity index (χ2v) is 9.25. The number of anilines is 1. The van der Waals surface area contributed by atoms with E-state index >= 15 is 0 Å². The monoisotopic (exact) mass is 433 g/mol. The molecular weight excluding hydrogens is 402 g/mol. The Morgan fingerprint density at radius 1 is 0.906 bits per heavy atom. The summed E-state index contributed by atoms with van der Waals surface area (Å²) in [5.41, 5.74) is 3.61. The van der Waals surface area contributed by atoms with Crippen molar-refractivity contribution in [1.82, 2.24) is 9.80 Å². The Kier molecular flexibility index (Phi) is 5.87. The number of benzene rings is 2. The van der Waals surface area contributed by atoms with Crippen molar-refractivity contribution < 1.29 is 14.3 Å². The first-order chi connectivity index (χ1) is 15.6. The average Bonchev–Trinajstić information content (AvgIpc) is 3.13. The first kappa shape index (κ1) is 21.0. The minimum atomic E-state index is -0.0311. The highest BCUT2D eigenvalue weighted by molar-refractivity contribution is 5.89. The predicted molar refractivity (Wildman–Crippen MR) is 124 cm³/mol. The number of hydrogen-bond donors (Lipinski definition) is 1. The van der Waals surface area contributed by atoms with Gasteiger partial charge in [0.05, 0.1) is 13.2 Å². The van der Waals surface area contributed by atoms with Gasteiger partial charge in [0.25, 0.3) is 0 Å². The lowest BCUT2D eigenvalue weighted by Crippen LogP contribution is -2.46. The molecule has 3 aliphatic rings. The van der Waals surface area contributed by atoms with E-state index in [9.17, 15) is 9.59 Å². The standard InChI is InChI=1S/C26H31N3O3/c30-24(28-14-16-32-17-15-28)18-20-19-26(23-9-5-4-8-22(20)23)10-12-29(13-11-26)25(31)27-21-6-2-1-3-7-21/h1-9,20H,10-19H2,(H,27,31)/t20-/m0/s1. The van der Waals surface area contributed by atoms with Crippen molar-refractivity contribution in [2.75, 3.05) is 44.7 Å². The summed E-state index contributed by atoms with van der Waals surface area (Å²) in [4.78, 5) is 29.6. The lowest BCUT2D eigenvalue weighted by Gasteiger charge is -2.40. The Labute approximate surface area is 189 Å². The molecule has 0 saturated carbocycles. The van der Waals surface area contributed by atoms with Gasteiger partial charge in [-0.2, -0.15) is 0 Å². The smallest absolute Gasteiger partial charge is 0.321 e. The molecule has 2 aliphatic heterocycles. The molecule has 1 atom stereocenters. The van der Waals surface area contributed by atoms with Crippen LogP contribution in [0.1, 0.15) is 42.7 Å². The van der Waals surface area contributed by atoms with E-state index < -0.39 is 0 Å². The number of ether oxygens (including phenoxy) is 1. The lowest BCUT2D eigenvalue weighted by molar-refractivity contribution is -0.135. The number of para-hydroxylation sites is 1. The highest BCUT2D eigenvalue weighted by Gasteiger charge is 2.46. The third kappa shape index (κ3) is 4.11. The van der Waals surface area contributed by atoms with Crippen LogP contribution in [0.4, 0.5) is 10.5 Å². The summed E-state index contributed by atoms with van der Waals surface area (Å²) < 4.78 is 5.40. The van der Waals surface area contributed by atoms with E-state index in [0.29, 0.717) is 32.7 Å². The molecule has 0 aromatic heterocycles. The molecule has 6 heteroatoms. The van der Waals surface area contributed by atoms with Gasteiger partial charge in [-0.05, 0) is 53.9 Å². The van der Waals surface area contributed by atoms with Gasteiger partial charge in [-0.3, -0.25) is 4.79 Å². The quantitative estimate of drug-likeness (QED) is 0.796. The first-order valence-electron chi connectivity index (χ1n) is 11.7. The van der Waals surface area contributed by atoms with E-state index in [1.165, 1.54) is 11.1 Å². The van der Waals surface area contributed by atoms with Gasteiger partial charge in [0.15, 0.2) is 0 Å². The summed E-state index contributed by atoms with van der Waals surface area (Å²) in [5.74, 6) is 0.496. The molecular formula is C26H31N3O3. The molecule has 1 N–H and O–H groups in total. The van der Waals surface area contributed by atoms with E-state index in [0.717, 1.165) is 38.0 Å². The molecule has 2 saturated heterocycles. The van der Waals surface area contributed by atoms with Crippen LogP contribution in [0.3, 0.4) is 0 Å². The number of hydrogen-bond acceptors (Lipinski definition) is 3. The highest BCUT2D eigenvalue weighted by atomic mass is 16.5. The number of nitrogens with zero attached hydrogens (tertiary/aromatic N) is 2. The summed E-state index contributed by atoms with van der Waals surface area (Å²) in [6.45, 7) is 4.14. The Balaban J connectivity index is 1.26. The molecule has 2 aromatic rings.